The summed E-state index contributed by atoms with van der Waals surface area (Å²) < 4.78 is 29.0. The zero-order chi connectivity index (χ0) is 22.8. The van der Waals surface area contributed by atoms with Crippen LogP contribution in [0.1, 0.15) is 27.7 Å². The molecule has 1 aromatic heterocycles. The molecule has 0 bridgehead atoms. The quantitative estimate of drug-likeness (QED) is 0.653. The molecule has 0 radical (unpaired) electrons. The second-order valence-electron chi connectivity index (χ2n) is 7.30. The molecule has 1 unspecified atom stereocenters. The first-order chi connectivity index (χ1) is 15.4. The number of carbonyl (C=O) groups excluding carboxylic acids is 2. The van der Waals surface area contributed by atoms with Gasteiger partial charge in [-0.05, 0) is 36.4 Å². The molecule has 1 atom stereocenters. The minimum atomic E-state index is -0.842. The maximum atomic E-state index is 13.9. The molecule has 4 rings (SSSR count). The van der Waals surface area contributed by atoms with Gasteiger partial charge in [-0.25, -0.2) is 13.6 Å². The van der Waals surface area contributed by atoms with Crippen LogP contribution >= 0.6 is 0 Å². The molecule has 3 aromatic rings. The third-order valence-corrected chi connectivity index (χ3v) is 5.20. The van der Waals surface area contributed by atoms with Gasteiger partial charge in [-0.15, -0.1) is 0 Å². The van der Waals surface area contributed by atoms with Crippen molar-refractivity contribution in [1.82, 2.24) is 14.7 Å². The van der Waals surface area contributed by atoms with Crippen molar-refractivity contribution in [2.75, 3.05) is 18.5 Å². The third kappa shape index (κ3) is 3.88. The number of nitrogens with one attached hydrogen (secondary N) is 1. The summed E-state index contributed by atoms with van der Waals surface area (Å²) in [4.78, 5) is 26.4. The largest absolute Gasteiger partial charge is 0.365 e. The number of nitrogens with two attached hydrogens (primary N) is 1. The maximum absolute atomic E-state index is 13.9. The van der Waals surface area contributed by atoms with Crippen LogP contribution in [0.2, 0.25) is 0 Å². The van der Waals surface area contributed by atoms with E-state index in [0.717, 1.165) is 0 Å². The van der Waals surface area contributed by atoms with E-state index in [2.05, 4.69) is 10.4 Å². The number of halogens is 2. The molecule has 10 heteroatoms. The Labute approximate surface area is 181 Å². The van der Waals surface area contributed by atoms with Crippen molar-refractivity contribution in [3.63, 3.8) is 0 Å². The molecule has 1 aliphatic rings. The Kier molecular flexibility index (Phi) is 5.55. The van der Waals surface area contributed by atoms with E-state index < -0.39 is 30.5 Å². The molecule has 3 amide bonds. The minimum absolute atomic E-state index is 0.00802. The number of hydrogen-bond donors (Lipinski definition) is 2. The van der Waals surface area contributed by atoms with E-state index in [4.69, 9.17) is 11.0 Å². The van der Waals surface area contributed by atoms with Crippen molar-refractivity contribution < 1.29 is 18.4 Å². The average molecular weight is 436 g/mol. The predicted molar refractivity (Wildman–Crippen MR) is 112 cm³/mol. The highest BCUT2D eigenvalue weighted by Crippen LogP contribution is 2.32. The third-order valence-electron chi connectivity index (χ3n) is 5.20. The second kappa shape index (κ2) is 8.47. The fraction of sp³-hybridized carbons (Fsp3) is 0.182. The molecule has 0 saturated heterocycles. The number of nitriles is 1. The Balaban J connectivity index is 1.68. The van der Waals surface area contributed by atoms with Gasteiger partial charge in [0, 0.05) is 17.8 Å². The minimum Gasteiger partial charge on any atom is -0.365 e. The van der Waals surface area contributed by atoms with E-state index in [0.29, 0.717) is 16.8 Å². The van der Waals surface area contributed by atoms with Crippen LogP contribution in [-0.4, -0.2) is 39.8 Å². The van der Waals surface area contributed by atoms with E-state index in [1.165, 1.54) is 27.8 Å². The van der Waals surface area contributed by atoms with Crippen molar-refractivity contribution in [2.45, 2.75) is 12.6 Å². The van der Waals surface area contributed by atoms with E-state index in [1.807, 2.05) is 6.07 Å². The maximum Gasteiger partial charge on any atom is 0.322 e. The van der Waals surface area contributed by atoms with Gasteiger partial charge in [0.15, 0.2) is 0 Å². The SMILES string of the molecule is N#Cc1ccc(NC(=O)N2Cc3c(C(N)=O)c(-c4cccc(F)c4)nn3C(CF)C2)cc1. The molecule has 2 aromatic carbocycles. The Morgan fingerprint density at radius 2 is 2.00 bits per heavy atom. The number of rotatable bonds is 4. The van der Waals surface area contributed by atoms with Crippen LogP contribution < -0.4 is 11.1 Å². The van der Waals surface area contributed by atoms with Gasteiger partial charge < -0.3 is 16.0 Å². The van der Waals surface area contributed by atoms with E-state index in [1.54, 1.807) is 30.3 Å². The summed E-state index contributed by atoms with van der Waals surface area (Å²) in [5.74, 6) is -1.33. The molecule has 0 saturated carbocycles. The molecule has 2 heterocycles. The molecule has 3 N–H and O–H groups in total. The predicted octanol–water partition coefficient (Wildman–Crippen LogP) is 3.22. The highest BCUT2D eigenvalue weighted by molar-refractivity contribution is 6.00. The Morgan fingerprint density at radius 1 is 1.25 bits per heavy atom. The number of carbonyl (C=O) groups is 2. The van der Waals surface area contributed by atoms with Crippen LogP contribution in [0.4, 0.5) is 19.3 Å². The lowest BCUT2D eigenvalue weighted by atomic mass is 10.0. The number of primary amides is 1. The summed E-state index contributed by atoms with van der Waals surface area (Å²) in [6, 6.07) is 12.4. The fourth-order valence-electron chi connectivity index (χ4n) is 3.70. The van der Waals surface area contributed by atoms with Gasteiger partial charge >= 0.3 is 6.03 Å². The Hall–Kier alpha value is -4.26. The zero-order valence-electron chi connectivity index (χ0n) is 16.8. The Bertz CT molecular complexity index is 1230. The first kappa shape index (κ1) is 21.0. The lowest BCUT2D eigenvalue weighted by Crippen LogP contribution is -2.44. The number of alkyl halides is 1. The number of fused-ring (bicyclic) bond motifs is 1. The van der Waals surface area contributed by atoms with Gasteiger partial charge in [-0.2, -0.15) is 10.4 Å². The topological polar surface area (TPSA) is 117 Å². The molecule has 162 valence electrons. The number of benzene rings is 2. The van der Waals surface area contributed by atoms with E-state index >= 15 is 0 Å². The second-order valence-corrected chi connectivity index (χ2v) is 7.30. The summed E-state index contributed by atoms with van der Waals surface area (Å²) in [5.41, 5.74) is 7.26. The van der Waals surface area contributed by atoms with Gasteiger partial charge in [0.1, 0.15) is 18.2 Å². The molecule has 32 heavy (non-hydrogen) atoms. The lowest BCUT2D eigenvalue weighted by Gasteiger charge is -2.33. The highest BCUT2D eigenvalue weighted by Gasteiger charge is 2.34. The van der Waals surface area contributed by atoms with Crippen LogP contribution in [0.25, 0.3) is 11.3 Å². The average Bonchev–Trinajstić information content (AvgIpc) is 3.19. The van der Waals surface area contributed by atoms with Gasteiger partial charge in [0.05, 0.1) is 35.5 Å². The van der Waals surface area contributed by atoms with Crippen molar-refractivity contribution in [3.05, 3.63) is 71.2 Å². The number of urea groups is 1. The van der Waals surface area contributed by atoms with Crippen LogP contribution in [0.5, 0.6) is 0 Å². The van der Waals surface area contributed by atoms with Gasteiger partial charge in [0.2, 0.25) is 0 Å². The molecule has 0 aliphatic carbocycles. The molecule has 0 fully saturated rings. The number of amides is 3. The summed E-state index contributed by atoms with van der Waals surface area (Å²) in [6.07, 6.45) is 0. The zero-order valence-corrected chi connectivity index (χ0v) is 16.8. The molecule has 8 nitrogen and oxygen atoms in total. The van der Waals surface area contributed by atoms with Crippen LogP contribution in [0, 0.1) is 17.1 Å². The molecular weight excluding hydrogens is 418 g/mol. The highest BCUT2D eigenvalue weighted by atomic mass is 19.1. The first-order valence-corrected chi connectivity index (χ1v) is 9.70. The number of nitrogens with zero attached hydrogens (tertiary/aromatic N) is 4. The van der Waals surface area contributed by atoms with E-state index in [-0.39, 0.29) is 30.0 Å². The molecule has 0 spiro atoms. The standard InChI is InChI=1S/C22H18F2N6O2/c23-9-17-11-29(22(32)27-16-6-4-13(10-25)5-7-16)12-18-19(21(26)31)20(28-30(17)18)14-2-1-3-15(24)8-14/h1-8,17H,9,11-12H2,(H2,26,31)(H,27,32). The van der Waals surface area contributed by atoms with Crippen LogP contribution in [0.15, 0.2) is 48.5 Å². The van der Waals surface area contributed by atoms with Gasteiger partial charge in [-0.1, -0.05) is 12.1 Å². The van der Waals surface area contributed by atoms with Crippen molar-refractivity contribution in [1.29, 1.82) is 5.26 Å². The van der Waals surface area contributed by atoms with Crippen LogP contribution in [-0.2, 0) is 6.54 Å². The first-order valence-electron chi connectivity index (χ1n) is 9.70. The van der Waals surface area contributed by atoms with Crippen molar-refractivity contribution in [2.24, 2.45) is 5.73 Å². The van der Waals surface area contributed by atoms with Gasteiger partial charge in [0.25, 0.3) is 5.91 Å². The summed E-state index contributed by atoms with van der Waals surface area (Å²) >= 11 is 0. The number of anilines is 1. The smallest absolute Gasteiger partial charge is 0.322 e. The van der Waals surface area contributed by atoms with Crippen molar-refractivity contribution >= 4 is 17.6 Å². The normalized spacial score (nSPS) is 15.0. The number of aromatic nitrogens is 2. The van der Waals surface area contributed by atoms with Crippen LogP contribution in [0.3, 0.4) is 0 Å². The summed E-state index contributed by atoms with van der Waals surface area (Å²) in [5, 5.41) is 15.9. The molecule has 1 aliphatic heterocycles. The fourth-order valence-corrected chi connectivity index (χ4v) is 3.70. The lowest BCUT2D eigenvalue weighted by molar-refractivity contribution is 0.0995. The van der Waals surface area contributed by atoms with E-state index in [9.17, 15) is 18.4 Å². The van der Waals surface area contributed by atoms with Gasteiger partial charge in [-0.3, -0.25) is 9.48 Å². The van der Waals surface area contributed by atoms with Crippen molar-refractivity contribution in [3.8, 4) is 17.3 Å². The summed E-state index contributed by atoms with van der Waals surface area (Å²) in [6.45, 7) is -0.872. The number of hydrogen-bond acceptors (Lipinski definition) is 4. The molecular formula is C22H18F2N6O2. The monoisotopic (exact) mass is 436 g/mol. The Morgan fingerprint density at radius 3 is 2.62 bits per heavy atom. The summed E-state index contributed by atoms with van der Waals surface area (Å²) in [7, 11) is 0.